The summed E-state index contributed by atoms with van der Waals surface area (Å²) in [7, 11) is 0. The van der Waals surface area contributed by atoms with Crippen LogP contribution in [0.2, 0.25) is 0 Å². The minimum Gasteiger partial charge on any atom is -0.459 e. The molecule has 1 atom stereocenters. The van der Waals surface area contributed by atoms with Gasteiger partial charge >= 0.3 is 0 Å². The normalized spacial score (nSPS) is 24.0. The van der Waals surface area contributed by atoms with Gasteiger partial charge < -0.3 is 9.73 Å². The molecule has 2 rings (SSSR count). The second-order valence-electron chi connectivity index (χ2n) is 5.41. The molecule has 0 radical (unpaired) electrons. The highest BCUT2D eigenvalue weighted by Gasteiger charge is 2.29. The van der Waals surface area contributed by atoms with Gasteiger partial charge in [0, 0.05) is 6.04 Å². The van der Waals surface area contributed by atoms with E-state index in [0.717, 1.165) is 12.8 Å². The molecule has 0 spiro atoms. The Bertz CT molecular complexity index is 354. The molecule has 0 aliphatic heterocycles. The zero-order valence-corrected chi connectivity index (χ0v) is 9.95. The van der Waals surface area contributed by atoms with Gasteiger partial charge in [-0.05, 0) is 36.8 Å². The monoisotopic (exact) mass is 221 g/mol. The van der Waals surface area contributed by atoms with Crippen molar-refractivity contribution < 1.29 is 9.21 Å². The Kier molecular flexibility index (Phi) is 3.03. The van der Waals surface area contributed by atoms with Gasteiger partial charge in [-0.3, -0.25) is 4.79 Å². The summed E-state index contributed by atoms with van der Waals surface area (Å²) < 4.78 is 5.08. The molecule has 0 bridgehead atoms. The first-order valence-electron chi connectivity index (χ1n) is 5.91. The number of nitrogens with one attached hydrogen (secondary N) is 1. The van der Waals surface area contributed by atoms with E-state index in [2.05, 4.69) is 19.2 Å². The zero-order chi connectivity index (χ0) is 11.6. The third-order valence-corrected chi connectivity index (χ3v) is 3.29. The van der Waals surface area contributed by atoms with Crippen molar-refractivity contribution >= 4 is 5.91 Å². The molecule has 0 aromatic carbocycles. The fourth-order valence-electron chi connectivity index (χ4n) is 2.49. The molecule has 1 N–H and O–H groups in total. The van der Waals surface area contributed by atoms with Gasteiger partial charge in [-0.1, -0.05) is 20.3 Å². The van der Waals surface area contributed by atoms with Gasteiger partial charge in [0.1, 0.15) is 0 Å². The first-order valence-corrected chi connectivity index (χ1v) is 5.91. The molecule has 0 saturated heterocycles. The predicted molar refractivity (Wildman–Crippen MR) is 62.2 cm³/mol. The smallest absolute Gasteiger partial charge is 0.287 e. The molecule has 88 valence electrons. The SMILES string of the molecule is CC1(C)CCCC(NC(=O)c2ccco2)C1. The number of amides is 1. The summed E-state index contributed by atoms with van der Waals surface area (Å²) in [5, 5.41) is 3.04. The molecule has 1 amide bonds. The predicted octanol–water partition coefficient (Wildman–Crippen LogP) is 2.98. The van der Waals surface area contributed by atoms with Gasteiger partial charge in [-0.2, -0.15) is 0 Å². The third-order valence-electron chi connectivity index (χ3n) is 3.29. The van der Waals surface area contributed by atoms with Crippen LogP contribution in [0.3, 0.4) is 0 Å². The second kappa shape index (κ2) is 4.32. The number of rotatable bonds is 2. The largest absolute Gasteiger partial charge is 0.459 e. The second-order valence-corrected chi connectivity index (χ2v) is 5.41. The average molecular weight is 221 g/mol. The molecular formula is C13H19NO2. The summed E-state index contributed by atoms with van der Waals surface area (Å²) in [4.78, 5) is 11.8. The Hall–Kier alpha value is -1.25. The Morgan fingerprint density at radius 3 is 3.00 bits per heavy atom. The number of hydrogen-bond donors (Lipinski definition) is 1. The Morgan fingerprint density at radius 2 is 2.38 bits per heavy atom. The lowest BCUT2D eigenvalue weighted by molar-refractivity contribution is 0.0874. The number of hydrogen-bond acceptors (Lipinski definition) is 2. The average Bonchev–Trinajstić information content (AvgIpc) is 2.68. The van der Waals surface area contributed by atoms with E-state index < -0.39 is 0 Å². The summed E-state index contributed by atoms with van der Waals surface area (Å²) in [6.07, 6.45) is 6.10. The van der Waals surface area contributed by atoms with E-state index in [9.17, 15) is 4.79 Å². The van der Waals surface area contributed by atoms with Gasteiger partial charge in [-0.15, -0.1) is 0 Å². The van der Waals surface area contributed by atoms with Gasteiger partial charge in [-0.25, -0.2) is 0 Å². The van der Waals surface area contributed by atoms with Crippen LogP contribution in [0.25, 0.3) is 0 Å². The molecule has 1 aromatic heterocycles. The lowest BCUT2D eigenvalue weighted by Crippen LogP contribution is -2.40. The maximum Gasteiger partial charge on any atom is 0.287 e. The molecule has 1 heterocycles. The van der Waals surface area contributed by atoms with E-state index in [1.165, 1.54) is 19.1 Å². The Morgan fingerprint density at radius 1 is 1.56 bits per heavy atom. The lowest BCUT2D eigenvalue weighted by Gasteiger charge is -2.35. The first kappa shape index (κ1) is 11.2. The van der Waals surface area contributed by atoms with Crippen LogP contribution in [0.4, 0.5) is 0 Å². The van der Waals surface area contributed by atoms with E-state index in [0.29, 0.717) is 17.2 Å². The van der Waals surface area contributed by atoms with Crippen LogP contribution < -0.4 is 5.32 Å². The van der Waals surface area contributed by atoms with E-state index in [1.54, 1.807) is 12.1 Å². The Balaban J connectivity index is 1.92. The van der Waals surface area contributed by atoms with Crippen molar-refractivity contribution in [1.29, 1.82) is 0 Å². The molecule has 3 heteroatoms. The summed E-state index contributed by atoms with van der Waals surface area (Å²) in [5.41, 5.74) is 0.347. The molecule has 3 nitrogen and oxygen atoms in total. The standard InChI is InChI=1S/C13H19NO2/c1-13(2)7-3-5-10(9-13)14-12(15)11-6-4-8-16-11/h4,6,8,10H,3,5,7,9H2,1-2H3,(H,14,15). The van der Waals surface area contributed by atoms with Crippen LogP contribution >= 0.6 is 0 Å². The quantitative estimate of drug-likeness (QED) is 0.834. The van der Waals surface area contributed by atoms with Crippen molar-refractivity contribution in [2.75, 3.05) is 0 Å². The fourth-order valence-corrected chi connectivity index (χ4v) is 2.49. The number of furan rings is 1. The van der Waals surface area contributed by atoms with Crippen LogP contribution in [0.15, 0.2) is 22.8 Å². The molecule has 1 saturated carbocycles. The van der Waals surface area contributed by atoms with Gasteiger partial charge in [0.2, 0.25) is 0 Å². The number of carbonyl (C=O) groups is 1. The van der Waals surface area contributed by atoms with Crippen LogP contribution in [0.1, 0.15) is 50.1 Å². The molecular weight excluding hydrogens is 202 g/mol. The summed E-state index contributed by atoms with van der Waals surface area (Å²) in [5.74, 6) is 0.316. The highest BCUT2D eigenvalue weighted by molar-refractivity contribution is 5.91. The summed E-state index contributed by atoms with van der Waals surface area (Å²) in [6.45, 7) is 4.52. The lowest BCUT2D eigenvalue weighted by atomic mass is 9.75. The molecule has 1 aliphatic carbocycles. The minimum absolute atomic E-state index is 0.0901. The van der Waals surface area contributed by atoms with Crippen LogP contribution in [0.5, 0.6) is 0 Å². The van der Waals surface area contributed by atoms with Gasteiger partial charge in [0.15, 0.2) is 5.76 Å². The van der Waals surface area contributed by atoms with Gasteiger partial charge in [0.05, 0.1) is 6.26 Å². The van der Waals surface area contributed by atoms with Crippen LogP contribution in [-0.4, -0.2) is 11.9 Å². The highest BCUT2D eigenvalue weighted by atomic mass is 16.3. The van der Waals surface area contributed by atoms with Crippen molar-refractivity contribution in [2.45, 2.75) is 45.6 Å². The topological polar surface area (TPSA) is 42.2 Å². The maximum atomic E-state index is 11.8. The van der Waals surface area contributed by atoms with Crippen LogP contribution in [-0.2, 0) is 0 Å². The molecule has 16 heavy (non-hydrogen) atoms. The van der Waals surface area contributed by atoms with Crippen molar-refractivity contribution in [3.05, 3.63) is 24.2 Å². The van der Waals surface area contributed by atoms with E-state index in [4.69, 9.17) is 4.42 Å². The molecule has 1 unspecified atom stereocenters. The van der Waals surface area contributed by atoms with E-state index >= 15 is 0 Å². The zero-order valence-electron chi connectivity index (χ0n) is 9.95. The molecule has 1 aromatic rings. The van der Waals surface area contributed by atoms with Crippen molar-refractivity contribution in [3.8, 4) is 0 Å². The van der Waals surface area contributed by atoms with E-state index in [1.807, 2.05) is 0 Å². The van der Waals surface area contributed by atoms with Gasteiger partial charge in [0.25, 0.3) is 5.91 Å². The summed E-state index contributed by atoms with van der Waals surface area (Å²) >= 11 is 0. The van der Waals surface area contributed by atoms with Crippen molar-refractivity contribution in [1.82, 2.24) is 5.32 Å². The minimum atomic E-state index is -0.0901. The molecule has 1 aliphatic rings. The maximum absolute atomic E-state index is 11.8. The fraction of sp³-hybridized carbons (Fsp3) is 0.615. The van der Waals surface area contributed by atoms with Crippen molar-refractivity contribution in [3.63, 3.8) is 0 Å². The first-order chi connectivity index (χ1) is 7.57. The third kappa shape index (κ3) is 2.65. The summed E-state index contributed by atoms with van der Waals surface area (Å²) in [6, 6.07) is 3.73. The number of carbonyl (C=O) groups excluding carboxylic acids is 1. The Labute approximate surface area is 96.2 Å². The van der Waals surface area contributed by atoms with Crippen LogP contribution in [0, 0.1) is 5.41 Å². The molecule has 1 fully saturated rings. The highest BCUT2D eigenvalue weighted by Crippen LogP contribution is 2.35. The van der Waals surface area contributed by atoms with Crippen molar-refractivity contribution in [2.24, 2.45) is 5.41 Å². The van der Waals surface area contributed by atoms with E-state index in [-0.39, 0.29) is 5.91 Å².